The van der Waals surface area contributed by atoms with Crippen molar-refractivity contribution in [1.82, 2.24) is 4.90 Å². The quantitative estimate of drug-likeness (QED) is 0.671. The lowest BCUT2D eigenvalue weighted by atomic mass is 9.92. The molecule has 1 heterocycles. The third-order valence-corrected chi connectivity index (χ3v) is 2.90. The van der Waals surface area contributed by atoms with Crippen molar-refractivity contribution in [1.29, 1.82) is 0 Å². The second kappa shape index (κ2) is 3.88. The third kappa shape index (κ3) is 2.09. The molecule has 0 fully saturated rings. The van der Waals surface area contributed by atoms with Gasteiger partial charge in [-0.2, -0.15) is 0 Å². The minimum Gasteiger partial charge on any atom is -0.402 e. The van der Waals surface area contributed by atoms with Gasteiger partial charge in [-0.05, 0) is 25.2 Å². The Kier molecular flexibility index (Phi) is 2.58. The lowest BCUT2D eigenvalue weighted by molar-refractivity contribution is -0.137. The van der Waals surface area contributed by atoms with E-state index in [0.717, 1.165) is 25.0 Å². The Morgan fingerprint density at radius 3 is 2.53 bits per heavy atom. The first-order chi connectivity index (χ1) is 7.16. The summed E-state index contributed by atoms with van der Waals surface area (Å²) >= 11 is 0. The second-order valence-electron chi connectivity index (χ2n) is 4.04. The fraction of sp³-hybridized carbons (Fsp3) is 0.455. The molecule has 1 atom stereocenters. The average molecular weight is 206 g/mol. The van der Waals surface area contributed by atoms with Crippen LogP contribution >= 0.6 is 0 Å². The summed E-state index contributed by atoms with van der Waals surface area (Å²) in [5.41, 5.74) is 6.58. The molecule has 4 nitrogen and oxygen atoms in total. The molecule has 0 aromatic rings. The summed E-state index contributed by atoms with van der Waals surface area (Å²) in [5.74, 6) is -0.0184. The molecule has 0 radical (unpaired) electrons. The Morgan fingerprint density at radius 2 is 2.00 bits per heavy atom. The van der Waals surface area contributed by atoms with E-state index >= 15 is 0 Å². The first-order valence-corrected chi connectivity index (χ1v) is 5.15. The number of amides is 2. The molecule has 1 unspecified atom stereocenters. The van der Waals surface area contributed by atoms with Crippen LogP contribution in [0.2, 0.25) is 0 Å². The minimum absolute atomic E-state index is 0.192. The van der Waals surface area contributed by atoms with Gasteiger partial charge in [-0.1, -0.05) is 6.08 Å². The van der Waals surface area contributed by atoms with E-state index in [1.54, 1.807) is 0 Å². The van der Waals surface area contributed by atoms with Gasteiger partial charge in [0.15, 0.2) is 0 Å². The molecule has 0 aromatic carbocycles. The molecule has 15 heavy (non-hydrogen) atoms. The van der Waals surface area contributed by atoms with E-state index in [9.17, 15) is 9.59 Å². The molecule has 1 aliphatic heterocycles. The molecule has 2 amide bonds. The highest BCUT2D eigenvalue weighted by Crippen LogP contribution is 2.22. The van der Waals surface area contributed by atoms with Crippen LogP contribution in [-0.4, -0.2) is 23.3 Å². The van der Waals surface area contributed by atoms with Crippen LogP contribution in [0, 0.1) is 5.92 Å². The molecule has 2 aliphatic rings. The van der Waals surface area contributed by atoms with Gasteiger partial charge < -0.3 is 5.73 Å². The van der Waals surface area contributed by atoms with E-state index in [4.69, 9.17) is 5.73 Å². The number of carbonyl (C=O) groups is 2. The Morgan fingerprint density at radius 1 is 1.33 bits per heavy atom. The van der Waals surface area contributed by atoms with E-state index in [1.807, 2.05) is 6.08 Å². The Labute approximate surface area is 88.4 Å². The van der Waals surface area contributed by atoms with Crippen molar-refractivity contribution < 1.29 is 9.59 Å². The molecule has 0 saturated carbocycles. The normalized spacial score (nSPS) is 26.0. The van der Waals surface area contributed by atoms with Crippen LogP contribution in [0.5, 0.6) is 0 Å². The number of imide groups is 1. The zero-order valence-corrected chi connectivity index (χ0v) is 8.48. The number of allylic oxidation sites excluding steroid dienone is 2. The molecule has 0 spiro atoms. The van der Waals surface area contributed by atoms with Crippen molar-refractivity contribution in [2.45, 2.75) is 19.3 Å². The summed E-state index contributed by atoms with van der Waals surface area (Å²) in [5, 5.41) is 0. The first kappa shape index (κ1) is 9.96. The summed E-state index contributed by atoms with van der Waals surface area (Å²) < 4.78 is 0. The maximum atomic E-state index is 11.3. The van der Waals surface area contributed by atoms with Gasteiger partial charge in [-0.15, -0.1) is 0 Å². The van der Waals surface area contributed by atoms with Crippen molar-refractivity contribution in [3.63, 3.8) is 0 Å². The van der Waals surface area contributed by atoms with Gasteiger partial charge in [0.2, 0.25) is 0 Å². The summed E-state index contributed by atoms with van der Waals surface area (Å²) in [6, 6.07) is 0. The fourth-order valence-electron chi connectivity index (χ4n) is 1.94. The van der Waals surface area contributed by atoms with Gasteiger partial charge in [-0.25, -0.2) is 0 Å². The highest BCUT2D eigenvalue weighted by atomic mass is 16.2. The summed E-state index contributed by atoms with van der Waals surface area (Å²) in [6.45, 7) is 0.522. The van der Waals surface area contributed by atoms with Crippen molar-refractivity contribution in [3.05, 3.63) is 23.9 Å². The Hall–Kier alpha value is -1.58. The van der Waals surface area contributed by atoms with E-state index in [-0.39, 0.29) is 11.8 Å². The maximum Gasteiger partial charge on any atom is 0.253 e. The lowest BCUT2D eigenvalue weighted by Gasteiger charge is -2.24. The molecule has 1 aliphatic carbocycles. The lowest BCUT2D eigenvalue weighted by Crippen LogP contribution is -2.35. The number of hydrogen-bond acceptors (Lipinski definition) is 3. The van der Waals surface area contributed by atoms with Gasteiger partial charge >= 0.3 is 0 Å². The first-order valence-electron chi connectivity index (χ1n) is 5.15. The highest BCUT2D eigenvalue weighted by molar-refractivity contribution is 6.12. The van der Waals surface area contributed by atoms with Gasteiger partial charge in [0, 0.05) is 24.4 Å². The summed E-state index contributed by atoms with van der Waals surface area (Å²) in [6.07, 6.45) is 7.34. The van der Waals surface area contributed by atoms with Crippen molar-refractivity contribution in [3.8, 4) is 0 Å². The standard InChI is InChI=1S/C11H14N2O2/c12-9-3-1-8(2-4-9)7-13-10(14)5-6-11(13)15/h3,5-6,8H,1-2,4,7,12H2. The minimum atomic E-state index is -0.192. The third-order valence-electron chi connectivity index (χ3n) is 2.90. The molecule has 0 bridgehead atoms. The van der Waals surface area contributed by atoms with Gasteiger partial charge in [0.25, 0.3) is 11.8 Å². The smallest absolute Gasteiger partial charge is 0.253 e. The number of hydrogen-bond donors (Lipinski definition) is 1. The zero-order valence-electron chi connectivity index (χ0n) is 8.48. The van der Waals surface area contributed by atoms with Crippen molar-refractivity contribution in [2.24, 2.45) is 11.7 Å². The van der Waals surface area contributed by atoms with Crippen LogP contribution in [0.15, 0.2) is 23.9 Å². The van der Waals surface area contributed by atoms with Gasteiger partial charge in [-0.3, -0.25) is 14.5 Å². The summed E-state index contributed by atoms with van der Waals surface area (Å²) in [4.78, 5) is 23.9. The predicted molar refractivity (Wildman–Crippen MR) is 55.5 cm³/mol. The fourth-order valence-corrected chi connectivity index (χ4v) is 1.94. The van der Waals surface area contributed by atoms with Crippen LogP contribution in [-0.2, 0) is 9.59 Å². The van der Waals surface area contributed by atoms with Gasteiger partial charge in [0.1, 0.15) is 0 Å². The van der Waals surface area contributed by atoms with Crippen molar-refractivity contribution >= 4 is 11.8 Å². The zero-order chi connectivity index (χ0) is 10.8. The molecular formula is C11H14N2O2. The van der Waals surface area contributed by atoms with Crippen LogP contribution in [0.3, 0.4) is 0 Å². The van der Waals surface area contributed by atoms with E-state index in [1.165, 1.54) is 17.1 Å². The van der Waals surface area contributed by atoms with E-state index in [2.05, 4.69) is 0 Å². The van der Waals surface area contributed by atoms with Crippen LogP contribution in [0.1, 0.15) is 19.3 Å². The topological polar surface area (TPSA) is 63.4 Å². The largest absolute Gasteiger partial charge is 0.402 e. The Bertz CT molecular complexity index is 340. The number of carbonyl (C=O) groups excluding carboxylic acids is 2. The molecule has 2 N–H and O–H groups in total. The molecular weight excluding hydrogens is 192 g/mol. The van der Waals surface area contributed by atoms with Crippen molar-refractivity contribution in [2.75, 3.05) is 6.54 Å². The predicted octanol–water partition coefficient (Wildman–Crippen LogP) is 0.554. The van der Waals surface area contributed by atoms with Crippen LogP contribution < -0.4 is 5.73 Å². The Balaban J connectivity index is 1.93. The number of rotatable bonds is 2. The molecule has 0 saturated heterocycles. The highest BCUT2D eigenvalue weighted by Gasteiger charge is 2.26. The van der Waals surface area contributed by atoms with Gasteiger partial charge in [0.05, 0.1) is 0 Å². The van der Waals surface area contributed by atoms with Crippen LogP contribution in [0.25, 0.3) is 0 Å². The molecule has 2 rings (SSSR count). The number of nitrogens with two attached hydrogens (primary N) is 1. The van der Waals surface area contributed by atoms with E-state index < -0.39 is 0 Å². The van der Waals surface area contributed by atoms with E-state index in [0.29, 0.717) is 12.5 Å². The molecule has 0 aromatic heterocycles. The molecule has 4 heteroatoms. The second-order valence-corrected chi connectivity index (χ2v) is 4.04. The molecule has 80 valence electrons. The monoisotopic (exact) mass is 206 g/mol. The maximum absolute atomic E-state index is 11.3. The average Bonchev–Trinajstić information content (AvgIpc) is 2.53. The van der Waals surface area contributed by atoms with Crippen LogP contribution in [0.4, 0.5) is 0 Å². The SMILES string of the molecule is NC1=CCC(CN2C(=O)C=CC2=O)CC1. The summed E-state index contributed by atoms with van der Waals surface area (Å²) in [7, 11) is 0. The number of nitrogens with zero attached hydrogens (tertiary/aromatic N) is 1.